The fourth-order valence-electron chi connectivity index (χ4n) is 3.03. The maximum absolute atomic E-state index is 13.3. The Morgan fingerprint density at radius 2 is 2.08 bits per heavy atom. The standard InChI is InChI=1S/C16H15F3N2O3/c1-9-14(20-8-24-9)15(23)21-7-10(22)6-13(21)11-4-2-3-5-12(11)16(17,18)19/h2-5,8,10,13,22H,6-7H2,1H3/t10-,13-/m0/s1. The van der Waals surface area contributed by atoms with Gasteiger partial charge in [0, 0.05) is 6.54 Å². The highest BCUT2D eigenvalue weighted by Gasteiger charge is 2.42. The predicted octanol–water partition coefficient (Wildman–Crippen LogP) is 2.95. The number of rotatable bonds is 2. The number of amides is 1. The molecule has 0 unspecified atom stereocenters. The number of likely N-dealkylation sites (tertiary alicyclic amines) is 1. The lowest BCUT2D eigenvalue weighted by atomic mass is 9.97. The summed E-state index contributed by atoms with van der Waals surface area (Å²) in [6.45, 7) is 1.49. The third-order valence-electron chi connectivity index (χ3n) is 4.11. The summed E-state index contributed by atoms with van der Waals surface area (Å²) >= 11 is 0. The molecule has 1 N–H and O–H groups in total. The molecule has 1 aromatic heterocycles. The summed E-state index contributed by atoms with van der Waals surface area (Å²) < 4.78 is 44.8. The van der Waals surface area contributed by atoms with E-state index in [0.29, 0.717) is 0 Å². The number of hydrogen-bond donors (Lipinski definition) is 1. The lowest BCUT2D eigenvalue weighted by Crippen LogP contribution is -2.33. The molecule has 2 atom stereocenters. The van der Waals surface area contributed by atoms with E-state index in [2.05, 4.69) is 4.98 Å². The number of aromatic nitrogens is 1. The van der Waals surface area contributed by atoms with Gasteiger partial charge < -0.3 is 14.4 Å². The summed E-state index contributed by atoms with van der Waals surface area (Å²) in [6.07, 6.45) is -4.29. The van der Waals surface area contributed by atoms with E-state index in [1.807, 2.05) is 0 Å². The largest absolute Gasteiger partial charge is 0.448 e. The van der Waals surface area contributed by atoms with Crippen LogP contribution in [0.5, 0.6) is 0 Å². The van der Waals surface area contributed by atoms with Gasteiger partial charge in [-0.2, -0.15) is 13.2 Å². The molecule has 128 valence electrons. The van der Waals surface area contributed by atoms with E-state index in [-0.39, 0.29) is 30.0 Å². The van der Waals surface area contributed by atoms with Crippen LogP contribution >= 0.6 is 0 Å². The van der Waals surface area contributed by atoms with Gasteiger partial charge in [-0.15, -0.1) is 0 Å². The summed E-state index contributed by atoms with van der Waals surface area (Å²) in [7, 11) is 0. The first-order chi connectivity index (χ1) is 11.3. The highest BCUT2D eigenvalue weighted by atomic mass is 19.4. The highest BCUT2D eigenvalue weighted by molar-refractivity contribution is 5.93. The first-order valence-electron chi connectivity index (χ1n) is 7.34. The molecule has 24 heavy (non-hydrogen) atoms. The molecule has 5 nitrogen and oxygen atoms in total. The molecule has 1 saturated heterocycles. The molecule has 2 aromatic rings. The van der Waals surface area contributed by atoms with Crippen LogP contribution in [0.2, 0.25) is 0 Å². The van der Waals surface area contributed by atoms with E-state index in [0.717, 1.165) is 12.5 Å². The van der Waals surface area contributed by atoms with Gasteiger partial charge in [0.2, 0.25) is 0 Å². The zero-order valence-corrected chi connectivity index (χ0v) is 12.7. The second kappa shape index (κ2) is 5.94. The van der Waals surface area contributed by atoms with E-state index in [1.165, 1.54) is 23.1 Å². The first-order valence-corrected chi connectivity index (χ1v) is 7.34. The van der Waals surface area contributed by atoms with E-state index < -0.39 is 29.8 Å². The first kappa shape index (κ1) is 16.5. The van der Waals surface area contributed by atoms with Crippen molar-refractivity contribution in [3.8, 4) is 0 Å². The van der Waals surface area contributed by atoms with Gasteiger partial charge in [-0.3, -0.25) is 4.79 Å². The number of aliphatic hydroxyl groups is 1. The molecule has 0 aliphatic carbocycles. The molecule has 0 saturated carbocycles. The minimum atomic E-state index is -4.54. The molecule has 1 aliphatic heterocycles. The molecule has 1 aromatic carbocycles. The Hall–Kier alpha value is -2.35. The quantitative estimate of drug-likeness (QED) is 0.913. The third kappa shape index (κ3) is 2.89. The van der Waals surface area contributed by atoms with Crippen molar-refractivity contribution in [2.24, 2.45) is 0 Å². The summed E-state index contributed by atoms with van der Waals surface area (Å²) in [5, 5.41) is 9.92. The number of carbonyl (C=O) groups is 1. The maximum atomic E-state index is 13.3. The van der Waals surface area contributed by atoms with Crippen LogP contribution in [0.15, 0.2) is 35.1 Å². The Bertz CT molecular complexity index is 757. The maximum Gasteiger partial charge on any atom is 0.416 e. The number of aliphatic hydroxyl groups excluding tert-OH is 1. The van der Waals surface area contributed by atoms with Gasteiger partial charge in [-0.05, 0) is 25.0 Å². The summed E-state index contributed by atoms with van der Waals surface area (Å²) in [5.74, 6) is -0.274. The number of β-amino-alcohol motifs (C(OH)–C–C–N with tert-alkyl or cyclic N) is 1. The topological polar surface area (TPSA) is 66.6 Å². The number of halogens is 3. The molecule has 2 heterocycles. The highest BCUT2D eigenvalue weighted by Crippen LogP contribution is 2.40. The fraction of sp³-hybridized carbons (Fsp3) is 0.375. The molecule has 1 amide bonds. The van der Waals surface area contributed by atoms with E-state index in [1.54, 1.807) is 6.92 Å². The molecular weight excluding hydrogens is 325 g/mol. The molecule has 0 radical (unpaired) electrons. The molecule has 0 spiro atoms. The van der Waals surface area contributed by atoms with Gasteiger partial charge in [0.1, 0.15) is 5.76 Å². The van der Waals surface area contributed by atoms with Gasteiger partial charge >= 0.3 is 6.18 Å². The second-order valence-electron chi connectivity index (χ2n) is 5.71. The number of benzene rings is 1. The number of alkyl halides is 3. The number of hydrogen-bond acceptors (Lipinski definition) is 4. The van der Waals surface area contributed by atoms with Gasteiger partial charge in [0.05, 0.1) is 17.7 Å². The second-order valence-corrected chi connectivity index (χ2v) is 5.71. The van der Waals surface area contributed by atoms with Crippen LogP contribution in [0.3, 0.4) is 0 Å². The van der Waals surface area contributed by atoms with Gasteiger partial charge in [0.15, 0.2) is 12.1 Å². The van der Waals surface area contributed by atoms with Crippen molar-refractivity contribution in [3.05, 3.63) is 53.2 Å². The van der Waals surface area contributed by atoms with E-state index >= 15 is 0 Å². The monoisotopic (exact) mass is 340 g/mol. The zero-order chi connectivity index (χ0) is 17.5. The molecule has 0 bridgehead atoms. The van der Waals surface area contributed by atoms with E-state index in [9.17, 15) is 23.1 Å². The van der Waals surface area contributed by atoms with Crippen LogP contribution in [0.25, 0.3) is 0 Å². The average Bonchev–Trinajstić information content (AvgIpc) is 3.11. The van der Waals surface area contributed by atoms with Crippen LogP contribution in [0.4, 0.5) is 13.2 Å². The third-order valence-corrected chi connectivity index (χ3v) is 4.11. The SMILES string of the molecule is Cc1ocnc1C(=O)N1C[C@@H](O)C[C@H]1c1ccccc1C(F)(F)F. The van der Waals surface area contributed by atoms with Gasteiger partial charge in [-0.25, -0.2) is 4.98 Å². The lowest BCUT2D eigenvalue weighted by Gasteiger charge is -2.26. The molecule has 1 fully saturated rings. The Labute approximate surface area is 135 Å². The van der Waals surface area contributed by atoms with Crippen molar-refractivity contribution in [3.63, 3.8) is 0 Å². The van der Waals surface area contributed by atoms with Gasteiger partial charge in [0.25, 0.3) is 5.91 Å². The Morgan fingerprint density at radius 3 is 2.71 bits per heavy atom. The van der Waals surface area contributed by atoms with E-state index in [4.69, 9.17) is 4.42 Å². The molecular formula is C16H15F3N2O3. The Morgan fingerprint density at radius 1 is 1.38 bits per heavy atom. The van der Waals surface area contributed by atoms with Crippen molar-refractivity contribution in [2.45, 2.75) is 31.7 Å². The van der Waals surface area contributed by atoms with Crippen LogP contribution in [0.1, 0.15) is 39.8 Å². The Balaban J connectivity index is 2.01. The zero-order valence-electron chi connectivity index (χ0n) is 12.7. The number of oxazole rings is 1. The molecule has 8 heteroatoms. The summed E-state index contributed by atoms with van der Waals surface area (Å²) in [6, 6.07) is 4.22. The Kier molecular flexibility index (Phi) is 4.08. The normalized spacial score (nSPS) is 21.3. The lowest BCUT2D eigenvalue weighted by molar-refractivity contribution is -0.138. The summed E-state index contributed by atoms with van der Waals surface area (Å²) in [5.41, 5.74) is -0.798. The van der Waals surface area contributed by atoms with Crippen molar-refractivity contribution in [1.29, 1.82) is 0 Å². The van der Waals surface area contributed by atoms with Crippen LogP contribution in [0, 0.1) is 6.92 Å². The van der Waals surface area contributed by atoms with Crippen LogP contribution in [-0.2, 0) is 6.18 Å². The fourth-order valence-corrected chi connectivity index (χ4v) is 3.03. The van der Waals surface area contributed by atoms with Gasteiger partial charge in [-0.1, -0.05) is 18.2 Å². The smallest absolute Gasteiger partial charge is 0.416 e. The van der Waals surface area contributed by atoms with Crippen LogP contribution < -0.4 is 0 Å². The van der Waals surface area contributed by atoms with Crippen LogP contribution in [-0.4, -0.2) is 33.5 Å². The van der Waals surface area contributed by atoms with Crippen molar-refractivity contribution in [1.82, 2.24) is 9.88 Å². The minimum absolute atomic E-state index is 0.0314. The van der Waals surface area contributed by atoms with Crippen molar-refractivity contribution >= 4 is 5.91 Å². The average molecular weight is 340 g/mol. The number of aryl methyl sites for hydroxylation is 1. The summed E-state index contributed by atoms with van der Waals surface area (Å²) in [4.78, 5) is 17.7. The number of nitrogens with zero attached hydrogens (tertiary/aromatic N) is 2. The molecule has 3 rings (SSSR count). The number of carbonyl (C=O) groups excluding carboxylic acids is 1. The minimum Gasteiger partial charge on any atom is -0.448 e. The van der Waals surface area contributed by atoms with Crippen molar-refractivity contribution in [2.75, 3.05) is 6.54 Å². The van der Waals surface area contributed by atoms with Crippen molar-refractivity contribution < 1.29 is 27.5 Å². The molecule has 1 aliphatic rings. The predicted molar refractivity (Wildman–Crippen MR) is 77.1 cm³/mol.